The number of hydrogen-bond acceptors (Lipinski definition) is 3. The Morgan fingerprint density at radius 1 is 1.33 bits per heavy atom. The van der Waals surface area contributed by atoms with Gasteiger partial charge in [0.25, 0.3) is 0 Å². The molecule has 1 N–H and O–H groups in total. The van der Waals surface area contributed by atoms with E-state index >= 15 is 0 Å². The van der Waals surface area contributed by atoms with E-state index in [1.807, 2.05) is 37.9 Å². The maximum absolute atomic E-state index is 5.46. The van der Waals surface area contributed by atoms with Gasteiger partial charge in [0.05, 0.1) is 6.61 Å². The molecular formula is C16H27N3OS. The van der Waals surface area contributed by atoms with E-state index < -0.39 is 0 Å². The van der Waals surface area contributed by atoms with Crippen LogP contribution in [-0.2, 0) is 6.54 Å². The molecule has 1 aromatic carbocycles. The molecule has 0 aromatic heterocycles. The van der Waals surface area contributed by atoms with Crippen molar-refractivity contribution in [3.05, 3.63) is 29.8 Å². The van der Waals surface area contributed by atoms with Crippen molar-refractivity contribution in [2.45, 2.75) is 19.9 Å². The van der Waals surface area contributed by atoms with Crippen LogP contribution < -0.4 is 10.1 Å². The molecule has 118 valence electrons. The topological polar surface area (TPSA) is 36.9 Å². The molecule has 0 unspecified atom stereocenters. The number of rotatable bonds is 8. The smallest absolute Gasteiger partial charge is 0.193 e. The molecule has 0 bridgehead atoms. The summed E-state index contributed by atoms with van der Waals surface area (Å²) in [6, 6.07) is 8.23. The quantitative estimate of drug-likeness (QED) is 0.455. The molecule has 0 fully saturated rings. The van der Waals surface area contributed by atoms with E-state index in [1.165, 1.54) is 11.3 Å². The predicted molar refractivity (Wildman–Crippen MR) is 93.4 cm³/mol. The molecule has 0 aliphatic rings. The van der Waals surface area contributed by atoms with Crippen LogP contribution >= 0.6 is 11.8 Å². The molecule has 0 spiro atoms. The van der Waals surface area contributed by atoms with Gasteiger partial charge in [-0.2, -0.15) is 11.8 Å². The van der Waals surface area contributed by atoms with Gasteiger partial charge in [0.1, 0.15) is 5.75 Å². The molecule has 0 radical (unpaired) electrons. The molecule has 0 amide bonds. The summed E-state index contributed by atoms with van der Waals surface area (Å²) >= 11 is 1.87. The second-order valence-electron chi connectivity index (χ2n) is 4.75. The molecule has 21 heavy (non-hydrogen) atoms. The van der Waals surface area contributed by atoms with E-state index in [-0.39, 0.29) is 0 Å². The molecule has 4 nitrogen and oxygen atoms in total. The molecule has 1 rings (SSSR count). The lowest BCUT2D eigenvalue weighted by Gasteiger charge is -2.22. The highest BCUT2D eigenvalue weighted by molar-refractivity contribution is 7.98. The zero-order chi connectivity index (χ0) is 15.5. The molecular weight excluding hydrogens is 282 g/mol. The SMILES string of the molecule is CCOc1ccc(CN(C)C(=NC)NCCCSC)cc1. The van der Waals surface area contributed by atoms with Crippen molar-refractivity contribution in [3.63, 3.8) is 0 Å². The lowest BCUT2D eigenvalue weighted by atomic mass is 10.2. The van der Waals surface area contributed by atoms with Crippen molar-refractivity contribution in [2.75, 3.05) is 39.3 Å². The van der Waals surface area contributed by atoms with E-state index in [0.29, 0.717) is 6.61 Å². The standard InChI is InChI=1S/C16H27N3OS/c1-5-20-15-9-7-14(8-10-15)13-19(3)16(17-2)18-11-6-12-21-4/h7-10H,5-6,11-13H2,1-4H3,(H,17,18). The van der Waals surface area contributed by atoms with Crippen LogP contribution in [0.3, 0.4) is 0 Å². The van der Waals surface area contributed by atoms with Gasteiger partial charge in [0.15, 0.2) is 5.96 Å². The van der Waals surface area contributed by atoms with Crippen molar-refractivity contribution in [3.8, 4) is 5.75 Å². The number of nitrogens with zero attached hydrogens (tertiary/aromatic N) is 2. The Balaban J connectivity index is 2.47. The maximum atomic E-state index is 5.46. The fraction of sp³-hybridized carbons (Fsp3) is 0.562. The van der Waals surface area contributed by atoms with Crippen LogP contribution in [0, 0.1) is 0 Å². The first-order valence-electron chi connectivity index (χ1n) is 7.33. The molecule has 5 heteroatoms. The van der Waals surface area contributed by atoms with Crippen molar-refractivity contribution < 1.29 is 4.74 Å². The summed E-state index contributed by atoms with van der Waals surface area (Å²) in [5.74, 6) is 3.03. The second kappa shape index (κ2) is 10.4. The zero-order valence-corrected chi connectivity index (χ0v) is 14.4. The zero-order valence-electron chi connectivity index (χ0n) is 13.6. The number of hydrogen-bond donors (Lipinski definition) is 1. The van der Waals surface area contributed by atoms with Gasteiger partial charge in [-0.1, -0.05) is 12.1 Å². The number of nitrogens with one attached hydrogen (secondary N) is 1. The monoisotopic (exact) mass is 309 g/mol. The van der Waals surface area contributed by atoms with E-state index in [4.69, 9.17) is 4.74 Å². The lowest BCUT2D eigenvalue weighted by molar-refractivity contribution is 0.340. The van der Waals surface area contributed by atoms with Gasteiger partial charge in [0.2, 0.25) is 0 Å². The predicted octanol–water partition coefficient (Wildman–Crippen LogP) is 2.85. The first kappa shape index (κ1) is 17.7. The fourth-order valence-corrected chi connectivity index (χ4v) is 2.44. The van der Waals surface area contributed by atoms with Gasteiger partial charge in [-0.05, 0) is 43.0 Å². The highest BCUT2D eigenvalue weighted by atomic mass is 32.2. The largest absolute Gasteiger partial charge is 0.494 e. The summed E-state index contributed by atoms with van der Waals surface area (Å²) in [4.78, 5) is 6.46. The van der Waals surface area contributed by atoms with Gasteiger partial charge < -0.3 is 15.0 Å². The fourth-order valence-electron chi connectivity index (χ4n) is 2.01. The third-order valence-corrected chi connectivity index (χ3v) is 3.73. The maximum Gasteiger partial charge on any atom is 0.193 e. The van der Waals surface area contributed by atoms with Crippen LogP contribution in [0.4, 0.5) is 0 Å². The van der Waals surface area contributed by atoms with Gasteiger partial charge in [-0.15, -0.1) is 0 Å². The highest BCUT2D eigenvalue weighted by Crippen LogP contribution is 2.13. The summed E-state index contributed by atoms with van der Waals surface area (Å²) < 4.78 is 5.46. The highest BCUT2D eigenvalue weighted by Gasteiger charge is 2.06. The average molecular weight is 309 g/mol. The number of thioether (sulfide) groups is 1. The Hall–Kier alpha value is -1.36. The Labute approximate surface area is 133 Å². The summed E-state index contributed by atoms with van der Waals surface area (Å²) in [6.07, 6.45) is 3.28. The van der Waals surface area contributed by atoms with Crippen LogP contribution in [0.25, 0.3) is 0 Å². The van der Waals surface area contributed by atoms with E-state index in [0.717, 1.165) is 31.2 Å². The first-order valence-corrected chi connectivity index (χ1v) is 8.73. The normalized spacial score (nSPS) is 11.3. The third kappa shape index (κ3) is 6.76. The molecule has 0 heterocycles. The molecule has 0 saturated carbocycles. The molecule has 0 atom stereocenters. The minimum absolute atomic E-state index is 0.700. The van der Waals surface area contributed by atoms with Crippen molar-refractivity contribution in [2.24, 2.45) is 4.99 Å². The summed E-state index contributed by atoms with van der Waals surface area (Å²) in [7, 11) is 3.88. The van der Waals surface area contributed by atoms with E-state index in [2.05, 4.69) is 40.6 Å². The summed E-state index contributed by atoms with van der Waals surface area (Å²) in [6.45, 7) is 4.48. The Morgan fingerprint density at radius 2 is 2.05 bits per heavy atom. The van der Waals surface area contributed by atoms with Gasteiger partial charge in [-0.25, -0.2) is 0 Å². The third-order valence-electron chi connectivity index (χ3n) is 3.04. The van der Waals surface area contributed by atoms with Crippen LogP contribution in [0.5, 0.6) is 5.75 Å². The van der Waals surface area contributed by atoms with Crippen LogP contribution in [0.15, 0.2) is 29.3 Å². The number of benzene rings is 1. The molecule has 0 saturated heterocycles. The number of ether oxygens (including phenoxy) is 1. The minimum Gasteiger partial charge on any atom is -0.494 e. The van der Waals surface area contributed by atoms with Crippen molar-refractivity contribution in [1.82, 2.24) is 10.2 Å². The van der Waals surface area contributed by atoms with Crippen LogP contribution in [0.2, 0.25) is 0 Å². The first-order chi connectivity index (χ1) is 10.2. The average Bonchev–Trinajstić information content (AvgIpc) is 2.49. The second-order valence-corrected chi connectivity index (χ2v) is 5.74. The Morgan fingerprint density at radius 3 is 2.62 bits per heavy atom. The van der Waals surface area contributed by atoms with E-state index in [1.54, 1.807) is 0 Å². The minimum atomic E-state index is 0.700. The lowest BCUT2D eigenvalue weighted by Crippen LogP contribution is -2.39. The Bertz CT molecular complexity index is 420. The van der Waals surface area contributed by atoms with Gasteiger partial charge >= 0.3 is 0 Å². The van der Waals surface area contributed by atoms with Crippen molar-refractivity contribution >= 4 is 17.7 Å². The molecule has 1 aromatic rings. The van der Waals surface area contributed by atoms with E-state index in [9.17, 15) is 0 Å². The molecule has 0 aliphatic carbocycles. The van der Waals surface area contributed by atoms with Gasteiger partial charge in [0, 0.05) is 27.2 Å². The van der Waals surface area contributed by atoms with Crippen molar-refractivity contribution in [1.29, 1.82) is 0 Å². The number of guanidine groups is 1. The number of aliphatic imine (C=N–C) groups is 1. The molecule has 0 aliphatic heterocycles. The van der Waals surface area contributed by atoms with Gasteiger partial charge in [-0.3, -0.25) is 4.99 Å². The summed E-state index contributed by atoms with van der Waals surface area (Å²) in [5.41, 5.74) is 1.24. The van der Waals surface area contributed by atoms with Crippen LogP contribution in [0.1, 0.15) is 18.9 Å². The van der Waals surface area contributed by atoms with Crippen LogP contribution in [-0.4, -0.2) is 50.1 Å². The summed E-state index contributed by atoms with van der Waals surface area (Å²) in [5, 5.41) is 3.39. The Kier molecular flexibility index (Phi) is 8.74.